The van der Waals surface area contributed by atoms with E-state index in [2.05, 4.69) is 28.8 Å². The molecule has 1 atom stereocenters. The molecule has 1 aliphatic heterocycles. The lowest BCUT2D eigenvalue weighted by Gasteiger charge is -2.24. The van der Waals surface area contributed by atoms with Crippen LogP contribution >= 0.6 is 0 Å². The Morgan fingerprint density at radius 1 is 0.944 bits per heavy atom. The number of fused-ring (bicyclic) bond motifs is 1. The Labute approximate surface area is 106 Å². The van der Waals surface area contributed by atoms with Crippen molar-refractivity contribution in [1.82, 2.24) is 0 Å². The third kappa shape index (κ3) is 1.84. The van der Waals surface area contributed by atoms with Gasteiger partial charge in [0.05, 0.1) is 11.4 Å². The summed E-state index contributed by atoms with van der Waals surface area (Å²) in [7, 11) is 0. The summed E-state index contributed by atoms with van der Waals surface area (Å²) in [5.41, 5.74) is 4.07. The summed E-state index contributed by atoms with van der Waals surface area (Å²) >= 11 is 0. The molecule has 1 aliphatic rings. The summed E-state index contributed by atoms with van der Waals surface area (Å²) in [6.07, 6.45) is 0. The Hall–Kier alpha value is -2.29. The van der Waals surface area contributed by atoms with Gasteiger partial charge in [-0.25, -0.2) is 0 Å². The van der Waals surface area contributed by atoms with Crippen LogP contribution in [0.1, 0.15) is 6.92 Å². The van der Waals surface area contributed by atoms with E-state index in [0.29, 0.717) is 0 Å². The molecule has 3 nitrogen and oxygen atoms in total. The molecule has 2 aromatic rings. The first-order chi connectivity index (χ1) is 8.74. The second-order valence-corrected chi connectivity index (χ2v) is 4.48. The summed E-state index contributed by atoms with van der Waals surface area (Å²) < 4.78 is 0. The molecule has 1 amide bonds. The largest absolute Gasteiger partial charge is 0.372 e. The van der Waals surface area contributed by atoms with Gasteiger partial charge in [0.15, 0.2) is 0 Å². The van der Waals surface area contributed by atoms with Crippen molar-refractivity contribution in [2.45, 2.75) is 13.0 Å². The van der Waals surface area contributed by atoms with Crippen LogP contribution in [-0.2, 0) is 4.79 Å². The van der Waals surface area contributed by atoms with Crippen molar-refractivity contribution in [3.8, 4) is 11.1 Å². The van der Waals surface area contributed by atoms with Crippen LogP contribution in [0.5, 0.6) is 0 Å². The zero-order valence-corrected chi connectivity index (χ0v) is 10.1. The molecule has 90 valence electrons. The van der Waals surface area contributed by atoms with Gasteiger partial charge in [-0.15, -0.1) is 0 Å². The lowest BCUT2D eigenvalue weighted by atomic mass is 10.0. The smallest absolute Gasteiger partial charge is 0.246 e. The van der Waals surface area contributed by atoms with Crippen LogP contribution in [0, 0.1) is 0 Å². The fourth-order valence-electron chi connectivity index (χ4n) is 2.12. The highest BCUT2D eigenvalue weighted by Gasteiger charge is 2.21. The second kappa shape index (κ2) is 4.18. The Kier molecular flexibility index (Phi) is 2.52. The van der Waals surface area contributed by atoms with Gasteiger partial charge in [0.25, 0.3) is 0 Å². The highest BCUT2D eigenvalue weighted by molar-refractivity contribution is 6.03. The lowest BCUT2D eigenvalue weighted by Crippen LogP contribution is -2.36. The van der Waals surface area contributed by atoms with Gasteiger partial charge in [0, 0.05) is 0 Å². The minimum absolute atomic E-state index is 0.00714. The average Bonchev–Trinajstić information content (AvgIpc) is 2.41. The van der Waals surface area contributed by atoms with Gasteiger partial charge < -0.3 is 10.6 Å². The van der Waals surface area contributed by atoms with Crippen LogP contribution in [0.15, 0.2) is 48.5 Å². The van der Waals surface area contributed by atoms with E-state index in [9.17, 15) is 4.79 Å². The van der Waals surface area contributed by atoms with Crippen molar-refractivity contribution in [3.05, 3.63) is 48.5 Å². The van der Waals surface area contributed by atoms with Crippen LogP contribution in [0.25, 0.3) is 11.1 Å². The van der Waals surface area contributed by atoms with E-state index in [1.54, 1.807) is 0 Å². The number of carbonyl (C=O) groups excluding carboxylic acids is 1. The predicted molar refractivity (Wildman–Crippen MR) is 73.6 cm³/mol. The topological polar surface area (TPSA) is 41.1 Å². The predicted octanol–water partition coefficient (Wildman–Crippen LogP) is 3.11. The standard InChI is InChI=1S/C15H14N2O/c1-10-15(18)17-14-9-12(7-8-13(14)16-10)11-5-3-2-4-6-11/h2-10,16H,1H3,(H,17,18). The summed E-state index contributed by atoms with van der Waals surface area (Å²) in [4.78, 5) is 11.6. The van der Waals surface area contributed by atoms with Gasteiger partial charge in [-0.05, 0) is 30.2 Å². The number of benzene rings is 2. The molecule has 0 radical (unpaired) electrons. The average molecular weight is 238 g/mol. The van der Waals surface area contributed by atoms with Crippen LogP contribution in [0.2, 0.25) is 0 Å². The van der Waals surface area contributed by atoms with Crippen molar-refractivity contribution in [2.24, 2.45) is 0 Å². The Bertz CT molecular complexity index is 593. The van der Waals surface area contributed by atoms with E-state index >= 15 is 0 Å². The van der Waals surface area contributed by atoms with Crippen molar-refractivity contribution in [3.63, 3.8) is 0 Å². The number of carbonyl (C=O) groups is 1. The molecule has 0 spiro atoms. The number of hydrogen-bond donors (Lipinski definition) is 2. The molecule has 0 aromatic heterocycles. The molecule has 0 fully saturated rings. The molecule has 1 unspecified atom stereocenters. The minimum Gasteiger partial charge on any atom is -0.372 e. The molecule has 0 saturated heterocycles. The molecule has 3 rings (SSSR count). The molecular weight excluding hydrogens is 224 g/mol. The van der Waals surface area contributed by atoms with Crippen molar-refractivity contribution in [2.75, 3.05) is 10.6 Å². The molecular formula is C15H14N2O. The monoisotopic (exact) mass is 238 g/mol. The molecule has 0 saturated carbocycles. The molecule has 2 aromatic carbocycles. The maximum Gasteiger partial charge on any atom is 0.246 e. The fraction of sp³-hybridized carbons (Fsp3) is 0.133. The van der Waals surface area contributed by atoms with Crippen molar-refractivity contribution in [1.29, 1.82) is 0 Å². The third-order valence-corrected chi connectivity index (χ3v) is 3.15. The molecule has 0 bridgehead atoms. The van der Waals surface area contributed by atoms with E-state index in [4.69, 9.17) is 0 Å². The first kappa shape index (κ1) is 10.8. The van der Waals surface area contributed by atoms with Gasteiger partial charge in [-0.3, -0.25) is 4.79 Å². The van der Waals surface area contributed by atoms with E-state index in [0.717, 1.165) is 22.5 Å². The van der Waals surface area contributed by atoms with Gasteiger partial charge in [-0.1, -0.05) is 36.4 Å². The summed E-state index contributed by atoms with van der Waals surface area (Å²) in [5, 5.41) is 6.09. The van der Waals surface area contributed by atoms with Crippen molar-refractivity contribution < 1.29 is 4.79 Å². The Morgan fingerprint density at radius 3 is 2.50 bits per heavy atom. The van der Waals surface area contributed by atoms with Crippen LogP contribution in [0.4, 0.5) is 11.4 Å². The van der Waals surface area contributed by atoms with Crippen LogP contribution < -0.4 is 10.6 Å². The molecule has 1 heterocycles. The number of anilines is 2. The number of hydrogen-bond acceptors (Lipinski definition) is 2. The van der Waals surface area contributed by atoms with Gasteiger partial charge in [-0.2, -0.15) is 0 Å². The summed E-state index contributed by atoms with van der Waals surface area (Å²) in [6, 6.07) is 16.0. The molecule has 0 aliphatic carbocycles. The maximum absolute atomic E-state index is 11.6. The van der Waals surface area contributed by atoms with E-state index in [1.165, 1.54) is 0 Å². The third-order valence-electron chi connectivity index (χ3n) is 3.15. The van der Waals surface area contributed by atoms with Gasteiger partial charge >= 0.3 is 0 Å². The van der Waals surface area contributed by atoms with Crippen molar-refractivity contribution >= 4 is 17.3 Å². The number of amides is 1. The Balaban J connectivity index is 2.02. The SMILES string of the molecule is CC1Nc2ccc(-c3ccccc3)cc2NC1=O. The highest BCUT2D eigenvalue weighted by atomic mass is 16.2. The second-order valence-electron chi connectivity index (χ2n) is 4.48. The minimum atomic E-state index is -0.180. The maximum atomic E-state index is 11.6. The number of rotatable bonds is 1. The van der Waals surface area contributed by atoms with E-state index in [-0.39, 0.29) is 11.9 Å². The quantitative estimate of drug-likeness (QED) is 0.801. The Morgan fingerprint density at radius 2 is 1.72 bits per heavy atom. The first-order valence-corrected chi connectivity index (χ1v) is 6.01. The lowest BCUT2D eigenvalue weighted by molar-refractivity contribution is -0.116. The normalized spacial score (nSPS) is 17.6. The zero-order valence-electron chi connectivity index (χ0n) is 10.1. The molecule has 3 heteroatoms. The zero-order chi connectivity index (χ0) is 12.5. The van der Waals surface area contributed by atoms with Gasteiger partial charge in [0.2, 0.25) is 5.91 Å². The van der Waals surface area contributed by atoms with Crippen LogP contribution in [-0.4, -0.2) is 11.9 Å². The van der Waals surface area contributed by atoms with E-state index < -0.39 is 0 Å². The highest BCUT2D eigenvalue weighted by Crippen LogP contribution is 2.31. The summed E-state index contributed by atoms with van der Waals surface area (Å²) in [6.45, 7) is 1.85. The number of nitrogens with one attached hydrogen (secondary N) is 2. The molecule has 18 heavy (non-hydrogen) atoms. The van der Waals surface area contributed by atoms with E-state index in [1.807, 2.05) is 37.3 Å². The van der Waals surface area contributed by atoms with Crippen LogP contribution in [0.3, 0.4) is 0 Å². The molecule has 2 N–H and O–H groups in total. The summed E-state index contributed by atoms with van der Waals surface area (Å²) in [5.74, 6) is 0.00714. The fourth-order valence-corrected chi connectivity index (χ4v) is 2.12. The van der Waals surface area contributed by atoms with Gasteiger partial charge in [0.1, 0.15) is 6.04 Å². The first-order valence-electron chi connectivity index (χ1n) is 6.01.